The summed E-state index contributed by atoms with van der Waals surface area (Å²) in [5.41, 5.74) is 3.83. The van der Waals surface area contributed by atoms with Crippen LogP contribution in [0.25, 0.3) is 16.6 Å². The van der Waals surface area contributed by atoms with E-state index in [0.717, 1.165) is 16.6 Å². The lowest BCUT2D eigenvalue weighted by Gasteiger charge is -2.21. The second-order valence-electron chi connectivity index (χ2n) is 6.85. The minimum Gasteiger partial charge on any atom is -0.446 e. The number of amides is 1. The Morgan fingerprint density at radius 1 is 1.06 bits per heavy atom. The summed E-state index contributed by atoms with van der Waals surface area (Å²) in [4.78, 5) is 29.4. The van der Waals surface area contributed by atoms with Crippen molar-refractivity contribution in [2.24, 2.45) is 0 Å². The van der Waals surface area contributed by atoms with Gasteiger partial charge in [0.2, 0.25) is 6.10 Å². The summed E-state index contributed by atoms with van der Waals surface area (Å²) in [6.45, 7) is 1.26. The molecule has 2 heterocycles. The molecule has 1 unspecified atom stereocenters. The predicted octanol–water partition coefficient (Wildman–Crippen LogP) is 4.12. The molecule has 0 bridgehead atoms. The van der Waals surface area contributed by atoms with Gasteiger partial charge in [-0.3, -0.25) is 14.0 Å². The second-order valence-corrected chi connectivity index (χ2v) is 6.85. The van der Waals surface area contributed by atoms with E-state index in [1.807, 2.05) is 48.5 Å². The summed E-state index contributed by atoms with van der Waals surface area (Å²) in [5.74, 6) is -1.10. The van der Waals surface area contributed by atoms with Gasteiger partial charge in [-0.2, -0.15) is 5.26 Å². The fourth-order valence-corrected chi connectivity index (χ4v) is 3.38. The smallest absolute Gasteiger partial charge is 0.303 e. The van der Waals surface area contributed by atoms with Crippen molar-refractivity contribution in [2.75, 3.05) is 5.32 Å². The van der Waals surface area contributed by atoms with E-state index in [9.17, 15) is 9.59 Å². The van der Waals surface area contributed by atoms with Crippen molar-refractivity contribution in [2.45, 2.75) is 13.0 Å². The van der Waals surface area contributed by atoms with Crippen molar-refractivity contribution in [3.63, 3.8) is 0 Å². The molecule has 0 saturated heterocycles. The zero-order valence-electron chi connectivity index (χ0n) is 16.6. The number of nitrogens with one attached hydrogen (secondary N) is 1. The van der Waals surface area contributed by atoms with Gasteiger partial charge in [0.05, 0.1) is 35.4 Å². The molecule has 0 fully saturated rings. The molecule has 0 aliphatic heterocycles. The standard InChI is InChI=1S/C24H18N4O3/c1-16(29)31-23(24(30)27-19-9-7-17(13-25)8-10-19)22-21(18-5-3-2-4-6-18)12-11-20-14-26-15-28(20)22/h2-12,14-15,23H,1H3,(H,27,30). The normalized spacial score (nSPS) is 11.5. The van der Waals surface area contributed by atoms with Gasteiger partial charge in [-0.15, -0.1) is 0 Å². The molecule has 31 heavy (non-hydrogen) atoms. The first-order chi connectivity index (χ1) is 15.1. The SMILES string of the molecule is CC(=O)OC(C(=O)Nc1ccc(C#N)cc1)c1c(-c2ccccc2)ccc2cncn12. The summed E-state index contributed by atoms with van der Waals surface area (Å²) >= 11 is 0. The average molecular weight is 410 g/mol. The number of nitrogens with zero attached hydrogens (tertiary/aromatic N) is 3. The Bertz CT molecular complexity index is 1290. The van der Waals surface area contributed by atoms with Crippen LogP contribution in [0.15, 0.2) is 79.3 Å². The van der Waals surface area contributed by atoms with Crippen LogP contribution in [0, 0.1) is 11.3 Å². The van der Waals surface area contributed by atoms with Gasteiger partial charge < -0.3 is 10.1 Å². The third-order valence-corrected chi connectivity index (χ3v) is 4.76. The number of ether oxygens (including phenoxy) is 1. The summed E-state index contributed by atoms with van der Waals surface area (Å²) in [6.07, 6.45) is 2.03. The molecule has 2 aromatic heterocycles. The van der Waals surface area contributed by atoms with Crippen LogP contribution in [0.2, 0.25) is 0 Å². The molecule has 7 heteroatoms. The van der Waals surface area contributed by atoms with Crippen LogP contribution < -0.4 is 5.32 Å². The Kier molecular flexibility index (Phi) is 5.45. The number of imidazole rings is 1. The van der Waals surface area contributed by atoms with E-state index in [0.29, 0.717) is 16.9 Å². The molecule has 1 amide bonds. The molecule has 7 nitrogen and oxygen atoms in total. The van der Waals surface area contributed by atoms with Crippen molar-refractivity contribution in [3.05, 3.63) is 90.5 Å². The summed E-state index contributed by atoms with van der Waals surface area (Å²) in [5, 5.41) is 11.7. The first-order valence-electron chi connectivity index (χ1n) is 9.55. The lowest BCUT2D eigenvalue weighted by atomic mass is 9.99. The molecule has 0 radical (unpaired) electrons. The zero-order chi connectivity index (χ0) is 21.8. The quantitative estimate of drug-likeness (QED) is 0.499. The number of hydrogen-bond donors (Lipinski definition) is 1. The van der Waals surface area contributed by atoms with E-state index in [1.165, 1.54) is 6.92 Å². The average Bonchev–Trinajstić information content (AvgIpc) is 3.27. The largest absolute Gasteiger partial charge is 0.446 e. The van der Waals surface area contributed by atoms with Crippen molar-refractivity contribution >= 4 is 23.1 Å². The number of anilines is 1. The van der Waals surface area contributed by atoms with Crippen molar-refractivity contribution < 1.29 is 14.3 Å². The molecule has 0 saturated carbocycles. The van der Waals surface area contributed by atoms with Crippen LogP contribution in [-0.2, 0) is 14.3 Å². The van der Waals surface area contributed by atoms with E-state index in [-0.39, 0.29) is 0 Å². The van der Waals surface area contributed by atoms with Crippen molar-refractivity contribution in [1.82, 2.24) is 9.38 Å². The lowest BCUT2D eigenvalue weighted by molar-refractivity contribution is -0.152. The highest BCUT2D eigenvalue weighted by molar-refractivity contribution is 5.97. The number of fused-ring (bicyclic) bond motifs is 1. The van der Waals surface area contributed by atoms with Crippen LogP contribution in [0.4, 0.5) is 5.69 Å². The molecular formula is C24H18N4O3. The molecule has 2 aromatic carbocycles. The van der Waals surface area contributed by atoms with E-state index in [1.54, 1.807) is 41.2 Å². The first kappa shape index (κ1) is 19.9. The Labute approximate surface area is 178 Å². The number of nitriles is 1. The maximum atomic E-state index is 13.3. The van der Waals surface area contributed by atoms with Gasteiger partial charge in [0.25, 0.3) is 5.91 Å². The molecule has 1 N–H and O–H groups in total. The molecular weight excluding hydrogens is 392 g/mol. The fraction of sp³-hybridized carbons (Fsp3) is 0.0833. The van der Waals surface area contributed by atoms with E-state index in [4.69, 9.17) is 10.00 Å². The van der Waals surface area contributed by atoms with Crippen LogP contribution in [-0.4, -0.2) is 21.3 Å². The Balaban J connectivity index is 1.82. The highest BCUT2D eigenvalue weighted by Crippen LogP contribution is 2.32. The minimum atomic E-state index is -1.22. The molecule has 0 spiro atoms. The minimum absolute atomic E-state index is 0.476. The fourth-order valence-electron chi connectivity index (χ4n) is 3.38. The molecule has 0 aliphatic carbocycles. The van der Waals surface area contributed by atoms with E-state index >= 15 is 0 Å². The number of hydrogen-bond acceptors (Lipinski definition) is 5. The van der Waals surface area contributed by atoms with E-state index < -0.39 is 18.0 Å². The topological polar surface area (TPSA) is 96.5 Å². The number of esters is 1. The number of carbonyl (C=O) groups is 2. The number of pyridine rings is 1. The van der Waals surface area contributed by atoms with Crippen molar-refractivity contribution in [1.29, 1.82) is 5.26 Å². The third kappa shape index (κ3) is 4.14. The van der Waals surface area contributed by atoms with Gasteiger partial charge in [-0.1, -0.05) is 36.4 Å². The summed E-state index contributed by atoms with van der Waals surface area (Å²) in [6, 6.07) is 21.8. The zero-order valence-corrected chi connectivity index (χ0v) is 16.6. The van der Waals surface area contributed by atoms with Gasteiger partial charge in [0.15, 0.2) is 0 Å². The predicted molar refractivity (Wildman–Crippen MR) is 115 cm³/mol. The third-order valence-electron chi connectivity index (χ3n) is 4.76. The Morgan fingerprint density at radius 2 is 1.81 bits per heavy atom. The number of benzene rings is 2. The number of carbonyl (C=O) groups excluding carboxylic acids is 2. The van der Waals surface area contributed by atoms with Crippen LogP contribution in [0.3, 0.4) is 0 Å². The van der Waals surface area contributed by atoms with E-state index in [2.05, 4.69) is 10.3 Å². The maximum absolute atomic E-state index is 13.3. The molecule has 0 aliphatic rings. The van der Waals surface area contributed by atoms with Crippen LogP contribution >= 0.6 is 0 Å². The monoisotopic (exact) mass is 410 g/mol. The van der Waals surface area contributed by atoms with Gasteiger partial charge >= 0.3 is 5.97 Å². The van der Waals surface area contributed by atoms with Gasteiger partial charge in [0, 0.05) is 18.2 Å². The Hall–Kier alpha value is -4.44. The Morgan fingerprint density at radius 3 is 2.48 bits per heavy atom. The van der Waals surface area contributed by atoms with Gasteiger partial charge in [-0.05, 0) is 35.9 Å². The molecule has 4 aromatic rings. The van der Waals surface area contributed by atoms with Crippen LogP contribution in [0.5, 0.6) is 0 Å². The van der Waals surface area contributed by atoms with Gasteiger partial charge in [0.1, 0.15) is 0 Å². The molecule has 152 valence electrons. The summed E-state index contributed by atoms with van der Waals surface area (Å²) in [7, 11) is 0. The van der Waals surface area contributed by atoms with Crippen molar-refractivity contribution in [3.8, 4) is 17.2 Å². The summed E-state index contributed by atoms with van der Waals surface area (Å²) < 4.78 is 7.25. The highest BCUT2D eigenvalue weighted by Gasteiger charge is 2.29. The molecule has 1 atom stereocenters. The van der Waals surface area contributed by atoms with Crippen LogP contribution in [0.1, 0.15) is 24.3 Å². The molecule has 4 rings (SSSR count). The number of rotatable bonds is 5. The second kappa shape index (κ2) is 8.51. The lowest BCUT2D eigenvalue weighted by Crippen LogP contribution is -2.27. The highest BCUT2D eigenvalue weighted by atomic mass is 16.5. The number of aromatic nitrogens is 2. The first-order valence-corrected chi connectivity index (χ1v) is 9.55. The van der Waals surface area contributed by atoms with Gasteiger partial charge in [-0.25, -0.2) is 4.98 Å². The maximum Gasteiger partial charge on any atom is 0.303 e.